The predicted molar refractivity (Wildman–Crippen MR) is 106 cm³/mol. The monoisotopic (exact) mass is 419 g/mol. The summed E-state index contributed by atoms with van der Waals surface area (Å²) in [4.78, 5) is 18.5. The van der Waals surface area contributed by atoms with Crippen LogP contribution in [0.4, 0.5) is 19.0 Å². The first-order valence-electron chi connectivity index (χ1n) is 10.1. The number of pyridine rings is 1. The van der Waals surface area contributed by atoms with E-state index < -0.39 is 17.8 Å². The zero-order chi connectivity index (χ0) is 21.5. The molecule has 160 valence electrons. The molecule has 2 heterocycles. The molecule has 4 rings (SSSR count). The highest BCUT2D eigenvalue weighted by Gasteiger charge is 2.41. The number of fused-ring (bicyclic) bond motifs is 1. The molecule has 1 saturated carbocycles. The average molecular weight is 419 g/mol. The molecule has 0 radical (unpaired) electrons. The lowest BCUT2D eigenvalue weighted by Crippen LogP contribution is -2.22. The van der Waals surface area contributed by atoms with Crippen LogP contribution < -0.4 is 10.1 Å². The summed E-state index contributed by atoms with van der Waals surface area (Å²) in [7, 11) is 0. The quantitative estimate of drug-likeness (QED) is 0.721. The molecule has 1 fully saturated rings. The second kappa shape index (κ2) is 7.81. The van der Waals surface area contributed by atoms with Gasteiger partial charge >= 0.3 is 0 Å². The van der Waals surface area contributed by atoms with Gasteiger partial charge in [-0.25, -0.2) is 18.2 Å². The number of amides is 1. The fraction of sp³-hybridized carbons (Fsp3) is 0.455. The summed E-state index contributed by atoms with van der Waals surface area (Å²) < 4.78 is 46.7. The van der Waals surface area contributed by atoms with Gasteiger partial charge in [0, 0.05) is 36.7 Å². The second-order valence-corrected chi connectivity index (χ2v) is 7.90. The lowest BCUT2D eigenvalue weighted by Gasteiger charge is -2.19. The summed E-state index contributed by atoms with van der Waals surface area (Å²) in [6.07, 6.45) is 0.505. The summed E-state index contributed by atoms with van der Waals surface area (Å²) >= 11 is 0. The van der Waals surface area contributed by atoms with Crippen molar-refractivity contribution in [1.82, 2.24) is 9.88 Å². The third-order valence-electron chi connectivity index (χ3n) is 5.77. The van der Waals surface area contributed by atoms with E-state index >= 15 is 0 Å². The fourth-order valence-corrected chi connectivity index (χ4v) is 4.03. The number of carbonyl (C=O) groups excluding carboxylic acids is 1. The van der Waals surface area contributed by atoms with Gasteiger partial charge in [0.05, 0.1) is 12.6 Å². The van der Waals surface area contributed by atoms with Crippen molar-refractivity contribution in [2.24, 2.45) is 0 Å². The Kier molecular flexibility index (Phi) is 5.34. The maximum Gasteiger partial charge on any atom is 0.254 e. The van der Waals surface area contributed by atoms with Gasteiger partial charge in [0.2, 0.25) is 0 Å². The molecule has 1 aromatic heterocycles. The van der Waals surface area contributed by atoms with Gasteiger partial charge < -0.3 is 15.0 Å². The van der Waals surface area contributed by atoms with Crippen LogP contribution in [0.15, 0.2) is 30.5 Å². The summed E-state index contributed by atoms with van der Waals surface area (Å²) in [6.45, 7) is 4.89. The number of halogens is 3. The SMILES string of the molecule is CCN1Cc2c(ccnc2N[C@@H](C)c2ccc(OC3CCC(F)(F)C3)c(F)c2)C1=O. The number of anilines is 1. The van der Waals surface area contributed by atoms with Crippen molar-refractivity contribution >= 4 is 11.7 Å². The van der Waals surface area contributed by atoms with E-state index in [9.17, 15) is 18.0 Å². The number of aromatic nitrogens is 1. The lowest BCUT2D eigenvalue weighted by molar-refractivity contribution is -0.00136. The van der Waals surface area contributed by atoms with Crippen LogP contribution in [0.5, 0.6) is 5.75 Å². The van der Waals surface area contributed by atoms with E-state index in [0.29, 0.717) is 30.0 Å². The molecule has 8 heteroatoms. The highest BCUT2D eigenvalue weighted by atomic mass is 19.3. The Labute approximate surface area is 173 Å². The molecule has 0 spiro atoms. The zero-order valence-electron chi connectivity index (χ0n) is 16.9. The van der Waals surface area contributed by atoms with Crippen molar-refractivity contribution in [3.05, 3.63) is 53.0 Å². The van der Waals surface area contributed by atoms with Crippen molar-refractivity contribution in [3.63, 3.8) is 0 Å². The minimum absolute atomic E-state index is 0.0171. The average Bonchev–Trinajstić information content (AvgIpc) is 3.22. The maximum atomic E-state index is 14.6. The zero-order valence-corrected chi connectivity index (χ0v) is 16.9. The number of rotatable bonds is 6. The second-order valence-electron chi connectivity index (χ2n) is 7.90. The first-order valence-corrected chi connectivity index (χ1v) is 10.1. The summed E-state index contributed by atoms with van der Waals surface area (Å²) in [5, 5.41) is 3.26. The number of nitrogens with one attached hydrogen (secondary N) is 1. The predicted octanol–water partition coefficient (Wildman–Crippen LogP) is 4.94. The molecule has 2 aromatic rings. The molecule has 30 heavy (non-hydrogen) atoms. The third kappa shape index (κ3) is 3.95. The van der Waals surface area contributed by atoms with Gasteiger partial charge in [0.1, 0.15) is 11.9 Å². The number of ether oxygens (including phenoxy) is 1. The van der Waals surface area contributed by atoms with Gasteiger partial charge in [0.15, 0.2) is 11.6 Å². The Bertz CT molecular complexity index is 967. The normalized spacial score (nSPS) is 20.9. The van der Waals surface area contributed by atoms with Crippen LogP contribution in [0.3, 0.4) is 0 Å². The van der Waals surface area contributed by atoms with E-state index in [1.807, 2.05) is 13.8 Å². The van der Waals surface area contributed by atoms with Crippen LogP contribution in [-0.2, 0) is 6.54 Å². The molecule has 1 N–H and O–H groups in total. The number of alkyl halides is 2. The largest absolute Gasteiger partial charge is 0.487 e. The van der Waals surface area contributed by atoms with Crippen molar-refractivity contribution in [1.29, 1.82) is 0 Å². The first kappa shape index (κ1) is 20.5. The van der Waals surface area contributed by atoms with Crippen molar-refractivity contribution in [3.8, 4) is 5.75 Å². The van der Waals surface area contributed by atoms with Gasteiger partial charge in [-0.05, 0) is 44.0 Å². The molecule has 2 atom stereocenters. The standard InChI is InChI=1S/C22H24F3N3O2/c1-3-28-12-17-16(21(28)29)7-9-26-20(17)27-13(2)14-4-5-19(18(23)10-14)30-15-6-8-22(24,25)11-15/h4-5,7,9-10,13,15H,3,6,8,11-12H2,1-2H3,(H,26,27)/t13-,15?/m0/s1. The maximum absolute atomic E-state index is 14.6. The topological polar surface area (TPSA) is 54.5 Å². The van der Waals surface area contributed by atoms with Crippen molar-refractivity contribution in [2.45, 2.75) is 57.7 Å². The minimum Gasteiger partial charge on any atom is -0.487 e. The molecule has 2 aliphatic rings. The van der Waals surface area contributed by atoms with E-state index in [-0.39, 0.29) is 37.0 Å². The molecule has 1 aliphatic heterocycles. The highest BCUT2D eigenvalue weighted by molar-refractivity contribution is 5.99. The van der Waals surface area contributed by atoms with E-state index in [4.69, 9.17) is 4.74 Å². The van der Waals surface area contributed by atoms with Gasteiger partial charge in [-0.3, -0.25) is 4.79 Å². The number of hydrogen-bond donors (Lipinski definition) is 1. The molecule has 0 saturated heterocycles. The van der Waals surface area contributed by atoms with Gasteiger partial charge in [-0.1, -0.05) is 6.07 Å². The van der Waals surface area contributed by atoms with Crippen LogP contribution in [-0.4, -0.2) is 34.4 Å². The van der Waals surface area contributed by atoms with Crippen molar-refractivity contribution in [2.75, 3.05) is 11.9 Å². The van der Waals surface area contributed by atoms with Crippen LogP contribution >= 0.6 is 0 Å². The molecular formula is C22H24F3N3O2. The number of carbonyl (C=O) groups is 1. The number of nitrogens with zero attached hydrogens (tertiary/aromatic N) is 2. The van der Waals surface area contributed by atoms with Crippen molar-refractivity contribution < 1.29 is 22.7 Å². The summed E-state index contributed by atoms with van der Waals surface area (Å²) in [5.41, 5.74) is 2.12. The Morgan fingerprint density at radius 2 is 2.17 bits per heavy atom. The number of benzene rings is 1. The minimum atomic E-state index is -2.74. The van der Waals surface area contributed by atoms with Crippen LogP contribution in [0, 0.1) is 5.82 Å². The number of hydrogen-bond acceptors (Lipinski definition) is 4. The summed E-state index contributed by atoms with van der Waals surface area (Å²) in [6, 6.07) is 5.95. The highest BCUT2D eigenvalue weighted by Crippen LogP contribution is 2.37. The molecule has 0 bridgehead atoms. The molecule has 1 amide bonds. The smallest absolute Gasteiger partial charge is 0.254 e. The van der Waals surface area contributed by atoms with E-state index in [2.05, 4.69) is 10.3 Å². The molecule has 5 nitrogen and oxygen atoms in total. The van der Waals surface area contributed by atoms with Gasteiger partial charge in [-0.2, -0.15) is 0 Å². The molecular weight excluding hydrogens is 395 g/mol. The van der Waals surface area contributed by atoms with E-state index in [1.54, 1.807) is 23.2 Å². The molecule has 1 unspecified atom stereocenters. The fourth-order valence-electron chi connectivity index (χ4n) is 4.03. The lowest BCUT2D eigenvalue weighted by atomic mass is 10.1. The van der Waals surface area contributed by atoms with Gasteiger partial charge in [0.25, 0.3) is 11.8 Å². The first-order chi connectivity index (χ1) is 14.3. The molecule has 1 aliphatic carbocycles. The third-order valence-corrected chi connectivity index (χ3v) is 5.77. The van der Waals surface area contributed by atoms with Crippen LogP contribution in [0.2, 0.25) is 0 Å². The van der Waals surface area contributed by atoms with Crippen LogP contribution in [0.1, 0.15) is 60.6 Å². The van der Waals surface area contributed by atoms with Crippen LogP contribution in [0.25, 0.3) is 0 Å². The Morgan fingerprint density at radius 3 is 2.83 bits per heavy atom. The Hall–Kier alpha value is -2.77. The molecule has 1 aromatic carbocycles. The van der Waals surface area contributed by atoms with E-state index in [1.165, 1.54) is 12.1 Å². The van der Waals surface area contributed by atoms with Gasteiger partial charge in [-0.15, -0.1) is 0 Å². The van der Waals surface area contributed by atoms with E-state index in [0.717, 1.165) is 5.56 Å². The Morgan fingerprint density at radius 1 is 1.37 bits per heavy atom. The Balaban J connectivity index is 1.47. The summed E-state index contributed by atoms with van der Waals surface area (Å²) in [5.74, 6) is -2.77.